The van der Waals surface area contributed by atoms with Gasteiger partial charge in [-0.3, -0.25) is 0 Å². The molecule has 0 spiro atoms. The number of pyridine rings is 1. The number of anilines is 1. The van der Waals surface area contributed by atoms with E-state index in [0.717, 1.165) is 16.9 Å². The predicted octanol–water partition coefficient (Wildman–Crippen LogP) is 3.07. The normalized spacial score (nSPS) is 10.1. The Hall–Kier alpha value is -2.03. The van der Waals surface area contributed by atoms with Crippen molar-refractivity contribution >= 4 is 5.69 Å². The van der Waals surface area contributed by atoms with Crippen molar-refractivity contribution in [2.45, 2.75) is 13.8 Å². The summed E-state index contributed by atoms with van der Waals surface area (Å²) in [6.07, 6.45) is 1.74. The third-order valence-electron chi connectivity index (χ3n) is 2.22. The highest BCUT2D eigenvalue weighted by Gasteiger charge is 2.03. The van der Waals surface area contributed by atoms with Crippen molar-refractivity contribution in [3.63, 3.8) is 0 Å². The van der Waals surface area contributed by atoms with Crippen LogP contribution in [0.25, 0.3) is 0 Å². The molecule has 16 heavy (non-hydrogen) atoms. The highest BCUT2D eigenvalue weighted by atomic mass is 16.5. The standard InChI is InChI=1S/C13H14N2O/c1-9-4-3-5-11(6-9)16-13-12(14)7-10(2)8-15-13/h3-8H,14H2,1-2H3. The number of rotatable bonds is 2. The zero-order valence-corrected chi connectivity index (χ0v) is 9.40. The number of aryl methyl sites for hydroxylation is 2. The van der Waals surface area contributed by atoms with Crippen LogP contribution in [0.1, 0.15) is 11.1 Å². The smallest absolute Gasteiger partial charge is 0.242 e. The van der Waals surface area contributed by atoms with E-state index in [2.05, 4.69) is 4.98 Å². The fourth-order valence-corrected chi connectivity index (χ4v) is 1.46. The van der Waals surface area contributed by atoms with Gasteiger partial charge < -0.3 is 10.5 Å². The summed E-state index contributed by atoms with van der Waals surface area (Å²) in [5, 5.41) is 0. The van der Waals surface area contributed by atoms with E-state index >= 15 is 0 Å². The van der Waals surface area contributed by atoms with Gasteiger partial charge in [0.05, 0.1) is 5.69 Å². The quantitative estimate of drug-likeness (QED) is 0.835. The molecule has 0 saturated heterocycles. The first-order chi connectivity index (χ1) is 7.65. The second kappa shape index (κ2) is 4.23. The van der Waals surface area contributed by atoms with E-state index in [1.807, 2.05) is 44.2 Å². The lowest BCUT2D eigenvalue weighted by molar-refractivity contribution is 0.465. The zero-order valence-electron chi connectivity index (χ0n) is 9.40. The van der Waals surface area contributed by atoms with Gasteiger partial charge in [-0.2, -0.15) is 0 Å². The number of benzene rings is 1. The van der Waals surface area contributed by atoms with Crippen LogP contribution in [0.15, 0.2) is 36.5 Å². The van der Waals surface area contributed by atoms with Crippen molar-refractivity contribution in [1.82, 2.24) is 4.98 Å². The molecule has 0 fully saturated rings. The first-order valence-corrected chi connectivity index (χ1v) is 5.12. The van der Waals surface area contributed by atoms with Crippen LogP contribution in [0.3, 0.4) is 0 Å². The largest absolute Gasteiger partial charge is 0.437 e. The predicted molar refractivity (Wildman–Crippen MR) is 64.6 cm³/mol. The molecule has 3 nitrogen and oxygen atoms in total. The molecular weight excluding hydrogens is 200 g/mol. The van der Waals surface area contributed by atoms with Crippen molar-refractivity contribution in [3.05, 3.63) is 47.7 Å². The summed E-state index contributed by atoms with van der Waals surface area (Å²) in [5.41, 5.74) is 8.54. The average Bonchev–Trinajstić information content (AvgIpc) is 2.22. The Morgan fingerprint density at radius 2 is 1.94 bits per heavy atom. The molecule has 0 aliphatic rings. The maximum absolute atomic E-state index is 5.82. The highest BCUT2D eigenvalue weighted by molar-refractivity contribution is 5.50. The van der Waals surface area contributed by atoms with Gasteiger partial charge in [-0.15, -0.1) is 0 Å². The van der Waals surface area contributed by atoms with Crippen LogP contribution in [0.5, 0.6) is 11.6 Å². The Bertz CT molecular complexity index is 509. The van der Waals surface area contributed by atoms with E-state index in [4.69, 9.17) is 10.5 Å². The van der Waals surface area contributed by atoms with Crippen molar-refractivity contribution in [1.29, 1.82) is 0 Å². The molecule has 0 aliphatic carbocycles. The lowest BCUT2D eigenvalue weighted by Crippen LogP contribution is -1.95. The van der Waals surface area contributed by atoms with Gasteiger partial charge in [0, 0.05) is 6.20 Å². The van der Waals surface area contributed by atoms with E-state index in [1.165, 1.54) is 0 Å². The van der Waals surface area contributed by atoms with E-state index in [-0.39, 0.29) is 0 Å². The summed E-state index contributed by atoms with van der Waals surface area (Å²) >= 11 is 0. The molecule has 0 amide bonds. The van der Waals surface area contributed by atoms with E-state index in [9.17, 15) is 0 Å². The molecular formula is C13H14N2O. The SMILES string of the molecule is Cc1cccc(Oc2ncc(C)cc2N)c1. The molecule has 1 aromatic carbocycles. The Labute approximate surface area is 94.9 Å². The molecule has 0 saturated carbocycles. The molecule has 0 bridgehead atoms. The molecule has 2 aromatic rings. The molecule has 0 radical (unpaired) electrons. The lowest BCUT2D eigenvalue weighted by atomic mass is 10.2. The van der Waals surface area contributed by atoms with Gasteiger partial charge in [-0.05, 0) is 43.2 Å². The Balaban J connectivity index is 2.27. The summed E-state index contributed by atoms with van der Waals surface area (Å²) in [5.74, 6) is 1.21. The van der Waals surface area contributed by atoms with Gasteiger partial charge in [-0.1, -0.05) is 12.1 Å². The van der Waals surface area contributed by atoms with Crippen molar-refractivity contribution in [2.24, 2.45) is 0 Å². The van der Waals surface area contributed by atoms with Crippen LogP contribution in [0.2, 0.25) is 0 Å². The lowest BCUT2D eigenvalue weighted by Gasteiger charge is -2.08. The summed E-state index contributed by atoms with van der Waals surface area (Å²) in [6.45, 7) is 3.96. The molecule has 82 valence electrons. The number of nitrogens with two attached hydrogens (primary N) is 1. The monoisotopic (exact) mass is 214 g/mol. The van der Waals surface area contributed by atoms with E-state index in [0.29, 0.717) is 11.6 Å². The first-order valence-electron chi connectivity index (χ1n) is 5.12. The maximum Gasteiger partial charge on any atom is 0.242 e. The average molecular weight is 214 g/mol. The topological polar surface area (TPSA) is 48.1 Å². The van der Waals surface area contributed by atoms with Crippen molar-refractivity contribution in [3.8, 4) is 11.6 Å². The number of ether oxygens (including phenoxy) is 1. The van der Waals surface area contributed by atoms with E-state index in [1.54, 1.807) is 6.20 Å². The van der Waals surface area contributed by atoms with Crippen LogP contribution in [-0.4, -0.2) is 4.98 Å². The molecule has 3 heteroatoms. The van der Waals surface area contributed by atoms with Gasteiger partial charge in [0.1, 0.15) is 5.75 Å². The van der Waals surface area contributed by atoms with Gasteiger partial charge in [0.25, 0.3) is 0 Å². The Kier molecular flexibility index (Phi) is 2.77. The number of nitrogens with zero attached hydrogens (tertiary/aromatic N) is 1. The second-order valence-electron chi connectivity index (χ2n) is 3.83. The Morgan fingerprint density at radius 1 is 1.12 bits per heavy atom. The summed E-state index contributed by atoms with van der Waals surface area (Å²) < 4.78 is 5.61. The van der Waals surface area contributed by atoms with Crippen LogP contribution < -0.4 is 10.5 Å². The van der Waals surface area contributed by atoms with Gasteiger partial charge in [-0.25, -0.2) is 4.98 Å². The highest BCUT2D eigenvalue weighted by Crippen LogP contribution is 2.25. The van der Waals surface area contributed by atoms with Crippen LogP contribution in [0, 0.1) is 13.8 Å². The molecule has 0 atom stereocenters. The van der Waals surface area contributed by atoms with Crippen molar-refractivity contribution < 1.29 is 4.74 Å². The van der Waals surface area contributed by atoms with Gasteiger partial charge in [0.15, 0.2) is 0 Å². The molecule has 2 rings (SSSR count). The Morgan fingerprint density at radius 3 is 2.62 bits per heavy atom. The first kappa shape index (κ1) is 10.5. The van der Waals surface area contributed by atoms with Crippen LogP contribution in [0.4, 0.5) is 5.69 Å². The number of aromatic nitrogens is 1. The fourth-order valence-electron chi connectivity index (χ4n) is 1.46. The molecule has 0 unspecified atom stereocenters. The minimum absolute atomic E-state index is 0.455. The van der Waals surface area contributed by atoms with Crippen molar-refractivity contribution in [2.75, 3.05) is 5.73 Å². The third kappa shape index (κ3) is 2.31. The summed E-state index contributed by atoms with van der Waals surface area (Å²) in [7, 11) is 0. The molecule has 1 aromatic heterocycles. The van der Waals surface area contributed by atoms with Gasteiger partial charge >= 0.3 is 0 Å². The summed E-state index contributed by atoms with van der Waals surface area (Å²) in [4.78, 5) is 4.16. The fraction of sp³-hybridized carbons (Fsp3) is 0.154. The van der Waals surface area contributed by atoms with Gasteiger partial charge in [0.2, 0.25) is 5.88 Å². The number of hydrogen-bond donors (Lipinski definition) is 1. The number of hydrogen-bond acceptors (Lipinski definition) is 3. The molecule has 2 N–H and O–H groups in total. The maximum atomic E-state index is 5.82. The third-order valence-corrected chi connectivity index (χ3v) is 2.22. The van der Waals surface area contributed by atoms with Crippen LogP contribution in [-0.2, 0) is 0 Å². The van der Waals surface area contributed by atoms with E-state index < -0.39 is 0 Å². The minimum atomic E-state index is 0.455. The second-order valence-corrected chi connectivity index (χ2v) is 3.83. The molecule has 1 heterocycles. The summed E-state index contributed by atoms with van der Waals surface area (Å²) in [6, 6.07) is 9.63. The number of nitrogen functional groups attached to an aromatic ring is 1. The zero-order chi connectivity index (χ0) is 11.5. The molecule has 0 aliphatic heterocycles. The van der Waals surface area contributed by atoms with Crippen LogP contribution >= 0.6 is 0 Å². The minimum Gasteiger partial charge on any atom is -0.437 e.